The Morgan fingerprint density at radius 2 is 1.91 bits per heavy atom. The van der Waals surface area contributed by atoms with Crippen LogP contribution in [0.2, 0.25) is 0 Å². The zero-order chi connectivity index (χ0) is 15.4. The van der Waals surface area contributed by atoms with E-state index in [4.69, 9.17) is 0 Å². The number of ketones is 1. The van der Waals surface area contributed by atoms with Crippen molar-refractivity contribution < 1.29 is 4.79 Å². The zero-order valence-corrected chi connectivity index (χ0v) is 13.9. The van der Waals surface area contributed by atoms with Gasteiger partial charge in [0.15, 0.2) is 0 Å². The average molecular weight is 298 g/mol. The highest BCUT2D eigenvalue weighted by molar-refractivity contribution is 5.85. The highest BCUT2D eigenvalue weighted by Crippen LogP contribution is 2.43. The Morgan fingerprint density at radius 1 is 1.14 bits per heavy atom. The number of Topliss-reactive ketones (excluding diaryl/α,β-unsaturated/α-hetero) is 1. The van der Waals surface area contributed by atoms with Gasteiger partial charge < -0.3 is 0 Å². The van der Waals surface area contributed by atoms with Crippen LogP contribution in [-0.2, 0) is 4.79 Å². The molecule has 2 saturated carbocycles. The minimum absolute atomic E-state index is 0.371. The van der Waals surface area contributed by atoms with Gasteiger partial charge in [-0.1, -0.05) is 48.8 Å². The molecule has 1 nitrogen and oxygen atoms in total. The molecule has 0 N–H and O–H groups in total. The summed E-state index contributed by atoms with van der Waals surface area (Å²) in [6, 6.07) is 0. The van der Waals surface area contributed by atoms with E-state index in [1.54, 1.807) is 0 Å². The molecule has 0 saturated heterocycles. The van der Waals surface area contributed by atoms with Crippen LogP contribution in [0, 0.1) is 17.8 Å². The molecular formula is C21H30O. The predicted octanol–water partition coefficient (Wildman–Crippen LogP) is 5.77. The Balaban J connectivity index is 1.35. The first-order valence-electron chi connectivity index (χ1n) is 9.31. The Labute approximate surface area is 135 Å². The second kappa shape index (κ2) is 7.44. The van der Waals surface area contributed by atoms with Crippen molar-refractivity contribution in [2.75, 3.05) is 0 Å². The molecule has 0 aromatic heterocycles. The van der Waals surface area contributed by atoms with E-state index in [9.17, 15) is 4.79 Å². The van der Waals surface area contributed by atoms with Crippen molar-refractivity contribution in [2.24, 2.45) is 17.8 Å². The van der Waals surface area contributed by atoms with Crippen LogP contribution in [0.4, 0.5) is 0 Å². The molecule has 0 amide bonds. The van der Waals surface area contributed by atoms with Crippen molar-refractivity contribution in [3.8, 4) is 0 Å². The second-order valence-corrected chi connectivity index (χ2v) is 7.53. The first kappa shape index (κ1) is 15.8. The molecule has 3 aliphatic rings. The summed E-state index contributed by atoms with van der Waals surface area (Å²) in [5.74, 6) is 1.95. The Morgan fingerprint density at radius 3 is 2.59 bits per heavy atom. The van der Waals surface area contributed by atoms with E-state index in [-0.39, 0.29) is 0 Å². The molecule has 0 aliphatic heterocycles. The molecular weight excluding hydrogens is 268 g/mol. The van der Waals surface area contributed by atoms with Crippen molar-refractivity contribution in [3.05, 3.63) is 36.0 Å². The molecule has 2 fully saturated rings. The van der Waals surface area contributed by atoms with Crippen LogP contribution in [0.3, 0.4) is 0 Å². The number of carbonyl (C=O) groups is 1. The third-order valence-electron chi connectivity index (χ3n) is 5.94. The van der Waals surface area contributed by atoms with E-state index < -0.39 is 0 Å². The van der Waals surface area contributed by atoms with Crippen LogP contribution < -0.4 is 0 Å². The number of hydrogen-bond acceptors (Lipinski definition) is 1. The van der Waals surface area contributed by atoms with E-state index in [0.29, 0.717) is 23.5 Å². The third-order valence-corrected chi connectivity index (χ3v) is 5.94. The molecule has 2 atom stereocenters. The lowest BCUT2D eigenvalue weighted by Gasteiger charge is -2.38. The van der Waals surface area contributed by atoms with Gasteiger partial charge in [0.2, 0.25) is 0 Å². The van der Waals surface area contributed by atoms with Crippen LogP contribution in [0.5, 0.6) is 0 Å². The number of carbonyl (C=O) groups excluding carboxylic acids is 1. The van der Waals surface area contributed by atoms with Crippen molar-refractivity contribution >= 4 is 5.78 Å². The lowest BCUT2D eigenvalue weighted by molar-refractivity contribution is -0.132. The van der Waals surface area contributed by atoms with Crippen LogP contribution in [0.25, 0.3) is 0 Å². The summed E-state index contributed by atoms with van der Waals surface area (Å²) in [5.41, 5.74) is 2.96. The van der Waals surface area contributed by atoms with Gasteiger partial charge >= 0.3 is 0 Å². The molecule has 3 rings (SSSR count). The van der Waals surface area contributed by atoms with Gasteiger partial charge in [0.1, 0.15) is 5.78 Å². The van der Waals surface area contributed by atoms with Gasteiger partial charge in [-0.2, -0.15) is 0 Å². The number of unbranched alkanes of at least 4 members (excludes halogenated alkanes) is 2. The van der Waals surface area contributed by atoms with Crippen molar-refractivity contribution in [1.82, 2.24) is 0 Å². The maximum Gasteiger partial charge on any atom is 0.139 e. The molecule has 2 unspecified atom stereocenters. The van der Waals surface area contributed by atoms with Crippen LogP contribution in [-0.4, -0.2) is 5.78 Å². The third kappa shape index (κ3) is 3.80. The molecule has 0 spiro atoms. The van der Waals surface area contributed by atoms with E-state index in [1.165, 1.54) is 49.7 Å². The maximum absolute atomic E-state index is 12.2. The summed E-state index contributed by atoms with van der Waals surface area (Å²) >= 11 is 0. The fraction of sp³-hybridized carbons (Fsp3) is 0.667. The fourth-order valence-electron chi connectivity index (χ4n) is 4.57. The minimum Gasteiger partial charge on any atom is -0.299 e. The highest BCUT2D eigenvalue weighted by Gasteiger charge is 2.39. The van der Waals surface area contributed by atoms with E-state index in [0.717, 1.165) is 32.1 Å². The standard InChI is InChI=1S/C21H30O/c1-16(8-3-2-4-9-17-10-5-6-11-17)20-14-18-12-7-13-19(15-20)21(18)22/h5,10-11,18-20H,1-4,6-9,12-15H2. The van der Waals surface area contributed by atoms with Gasteiger partial charge in [-0.25, -0.2) is 0 Å². The van der Waals surface area contributed by atoms with Gasteiger partial charge in [0.25, 0.3) is 0 Å². The number of fused-ring (bicyclic) bond motifs is 2. The van der Waals surface area contributed by atoms with Gasteiger partial charge in [-0.05, 0) is 63.7 Å². The molecule has 0 radical (unpaired) electrons. The molecule has 120 valence electrons. The summed E-state index contributed by atoms with van der Waals surface area (Å²) < 4.78 is 0. The van der Waals surface area contributed by atoms with Gasteiger partial charge in [0.05, 0.1) is 0 Å². The topological polar surface area (TPSA) is 17.1 Å². The molecule has 2 bridgehead atoms. The van der Waals surface area contributed by atoms with Crippen molar-refractivity contribution in [3.63, 3.8) is 0 Å². The molecule has 0 aromatic carbocycles. The quantitative estimate of drug-likeness (QED) is 0.430. The van der Waals surface area contributed by atoms with E-state index in [2.05, 4.69) is 24.8 Å². The largest absolute Gasteiger partial charge is 0.299 e. The summed E-state index contributed by atoms with van der Waals surface area (Å²) in [5, 5.41) is 0. The molecule has 0 heterocycles. The van der Waals surface area contributed by atoms with Crippen molar-refractivity contribution in [2.45, 2.75) is 70.6 Å². The normalized spacial score (nSPS) is 30.5. The first-order valence-corrected chi connectivity index (χ1v) is 9.31. The highest BCUT2D eigenvalue weighted by atomic mass is 16.1. The predicted molar refractivity (Wildman–Crippen MR) is 92.6 cm³/mol. The van der Waals surface area contributed by atoms with E-state index >= 15 is 0 Å². The molecule has 22 heavy (non-hydrogen) atoms. The van der Waals surface area contributed by atoms with Crippen LogP contribution >= 0.6 is 0 Å². The molecule has 3 aliphatic carbocycles. The lowest BCUT2D eigenvalue weighted by atomic mass is 9.65. The Bertz CT molecular complexity index is 466. The number of allylic oxidation sites excluding steroid dienone is 5. The van der Waals surface area contributed by atoms with Crippen LogP contribution in [0.1, 0.15) is 70.6 Å². The molecule has 1 heteroatoms. The van der Waals surface area contributed by atoms with Gasteiger partial charge in [0, 0.05) is 11.8 Å². The Kier molecular flexibility index (Phi) is 5.33. The van der Waals surface area contributed by atoms with Crippen LogP contribution in [0.15, 0.2) is 36.0 Å². The second-order valence-electron chi connectivity index (χ2n) is 7.53. The SMILES string of the molecule is C=C(CCCCCC1=CCC=C1)C1CC2CCCC(C1)C2=O. The Hall–Kier alpha value is -1.11. The van der Waals surface area contributed by atoms with E-state index in [1.807, 2.05) is 0 Å². The van der Waals surface area contributed by atoms with Crippen molar-refractivity contribution in [1.29, 1.82) is 0 Å². The van der Waals surface area contributed by atoms with Gasteiger partial charge in [-0.15, -0.1) is 0 Å². The average Bonchev–Trinajstić information content (AvgIpc) is 2.99. The summed E-state index contributed by atoms with van der Waals surface area (Å²) in [6.45, 7) is 4.37. The zero-order valence-electron chi connectivity index (χ0n) is 13.9. The summed E-state index contributed by atoms with van der Waals surface area (Å²) in [7, 11) is 0. The van der Waals surface area contributed by atoms with Gasteiger partial charge in [-0.3, -0.25) is 4.79 Å². The smallest absolute Gasteiger partial charge is 0.139 e. The maximum atomic E-state index is 12.2. The number of rotatable bonds is 7. The first-order chi connectivity index (χ1) is 10.7. The summed E-state index contributed by atoms with van der Waals surface area (Å²) in [4.78, 5) is 12.2. The monoisotopic (exact) mass is 298 g/mol. The molecule has 0 aromatic rings. The lowest BCUT2D eigenvalue weighted by Crippen LogP contribution is -2.36. The summed E-state index contributed by atoms with van der Waals surface area (Å²) in [6.07, 6.45) is 20.1. The fourth-order valence-corrected chi connectivity index (χ4v) is 4.57. The number of hydrogen-bond donors (Lipinski definition) is 0. The minimum atomic E-state index is 0.371.